The van der Waals surface area contributed by atoms with Crippen LogP contribution >= 0.6 is 0 Å². The van der Waals surface area contributed by atoms with Gasteiger partial charge >= 0.3 is 5.97 Å². The van der Waals surface area contributed by atoms with E-state index in [1.165, 1.54) is 0 Å². The van der Waals surface area contributed by atoms with Gasteiger partial charge in [-0.2, -0.15) is 5.26 Å². The summed E-state index contributed by atoms with van der Waals surface area (Å²) in [5.74, 6) is -0.776. The minimum Gasteiger partial charge on any atom is -0.481 e. The first-order valence-corrected chi connectivity index (χ1v) is 6.05. The van der Waals surface area contributed by atoms with Crippen LogP contribution in [-0.4, -0.2) is 28.6 Å². The number of carboxylic acid groups (broad SMARTS) is 1. The summed E-state index contributed by atoms with van der Waals surface area (Å²) in [4.78, 5) is 16.9. The third kappa shape index (κ3) is 2.77. The number of nitrogens with zero attached hydrogens (tertiary/aromatic N) is 3. The van der Waals surface area contributed by atoms with Gasteiger partial charge in [0.2, 0.25) is 0 Å². The third-order valence-corrected chi connectivity index (χ3v) is 3.23. The summed E-state index contributed by atoms with van der Waals surface area (Å²) in [7, 11) is 0. The van der Waals surface area contributed by atoms with Crippen molar-refractivity contribution >= 4 is 11.7 Å². The second kappa shape index (κ2) is 5.50. The summed E-state index contributed by atoms with van der Waals surface area (Å²) >= 11 is 0. The molecule has 0 aromatic carbocycles. The van der Waals surface area contributed by atoms with Crippen molar-refractivity contribution in [1.82, 2.24) is 4.98 Å². The van der Waals surface area contributed by atoms with Gasteiger partial charge in [0.15, 0.2) is 0 Å². The van der Waals surface area contributed by atoms with Crippen LogP contribution in [-0.2, 0) is 4.79 Å². The molecule has 1 unspecified atom stereocenters. The van der Waals surface area contributed by atoms with E-state index in [-0.39, 0.29) is 12.5 Å². The molecule has 5 heteroatoms. The summed E-state index contributed by atoms with van der Waals surface area (Å²) in [5.41, 5.74) is 1.26. The molecular formula is C13H15N3O2. The number of carbonyl (C=O) groups is 1. The van der Waals surface area contributed by atoms with Crippen molar-refractivity contribution in [2.75, 3.05) is 11.4 Å². The molecule has 2 heterocycles. The van der Waals surface area contributed by atoms with E-state index < -0.39 is 5.97 Å². The maximum Gasteiger partial charge on any atom is 0.305 e. The molecular weight excluding hydrogens is 230 g/mol. The van der Waals surface area contributed by atoms with Gasteiger partial charge in [0.05, 0.1) is 6.42 Å². The molecule has 94 valence electrons. The molecule has 0 spiro atoms. The standard InChI is InChI=1S/C13H15N3O2/c14-9-10-7-12(4-5-15-10)16-6-2-1-3-11(16)8-13(17)18/h4-5,7,11H,1-3,6,8H2,(H,17,18). The van der Waals surface area contributed by atoms with Crippen molar-refractivity contribution < 1.29 is 9.90 Å². The zero-order chi connectivity index (χ0) is 13.0. The largest absolute Gasteiger partial charge is 0.481 e. The van der Waals surface area contributed by atoms with Gasteiger partial charge in [-0.25, -0.2) is 4.98 Å². The third-order valence-electron chi connectivity index (χ3n) is 3.23. The van der Waals surface area contributed by atoms with Gasteiger partial charge < -0.3 is 10.0 Å². The Bertz CT molecular complexity index is 481. The van der Waals surface area contributed by atoms with Crippen LogP contribution < -0.4 is 4.90 Å². The van der Waals surface area contributed by atoms with Crippen LogP contribution in [0.3, 0.4) is 0 Å². The Kier molecular flexibility index (Phi) is 3.78. The number of nitriles is 1. The Hall–Kier alpha value is -2.09. The molecule has 0 saturated carbocycles. The lowest BCUT2D eigenvalue weighted by Crippen LogP contribution is -2.41. The second-order valence-corrected chi connectivity index (χ2v) is 4.45. The van der Waals surface area contributed by atoms with E-state index in [9.17, 15) is 4.79 Å². The van der Waals surface area contributed by atoms with Crippen molar-refractivity contribution in [2.24, 2.45) is 0 Å². The molecule has 0 radical (unpaired) electrons. The predicted octanol–water partition coefficient (Wildman–Crippen LogP) is 1.79. The molecule has 1 saturated heterocycles. The molecule has 1 aromatic rings. The molecule has 0 amide bonds. The second-order valence-electron chi connectivity index (χ2n) is 4.45. The quantitative estimate of drug-likeness (QED) is 0.878. The smallest absolute Gasteiger partial charge is 0.305 e. The van der Waals surface area contributed by atoms with Crippen molar-refractivity contribution in [1.29, 1.82) is 5.26 Å². The molecule has 1 aliphatic rings. The lowest BCUT2D eigenvalue weighted by molar-refractivity contribution is -0.137. The van der Waals surface area contributed by atoms with E-state index in [0.29, 0.717) is 5.69 Å². The van der Waals surface area contributed by atoms with Crippen LogP contribution in [0.15, 0.2) is 18.3 Å². The first kappa shape index (κ1) is 12.4. The highest BCUT2D eigenvalue weighted by molar-refractivity contribution is 5.68. The molecule has 1 fully saturated rings. The van der Waals surface area contributed by atoms with E-state index in [2.05, 4.69) is 9.88 Å². The van der Waals surface area contributed by atoms with Gasteiger partial charge in [0, 0.05) is 24.5 Å². The van der Waals surface area contributed by atoms with Crippen molar-refractivity contribution in [2.45, 2.75) is 31.7 Å². The van der Waals surface area contributed by atoms with E-state index in [0.717, 1.165) is 31.5 Å². The topological polar surface area (TPSA) is 77.2 Å². The zero-order valence-electron chi connectivity index (χ0n) is 10.0. The maximum atomic E-state index is 10.9. The SMILES string of the molecule is N#Cc1cc(N2CCCCC2CC(=O)O)ccn1. The number of rotatable bonds is 3. The Morgan fingerprint density at radius 3 is 3.17 bits per heavy atom. The molecule has 1 aromatic heterocycles. The van der Waals surface area contributed by atoms with Crippen LogP contribution in [0.1, 0.15) is 31.4 Å². The summed E-state index contributed by atoms with van der Waals surface area (Å²) in [5, 5.41) is 17.8. The Labute approximate surface area is 106 Å². The molecule has 1 N–H and O–H groups in total. The van der Waals surface area contributed by atoms with Crippen molar-refractivity contribution in [3.63, 3.8) is 0 Å². The van der Waals surface area contributed by atoms with Gasteiger partial charge in [0.1, 0.15) is 11.8 Å². The van der Waals surface area contributed by atoms with Gasteiger partial charge in [-0.3, -0.25) is 4.79 Å². The fraction of sp³-hybridized carbons (Fsp3) is 0.462. The minimum absolute atomic E-state index is 0.0187. The van der Waals surface area contributed by atoms with Crippen LogP contribution in [0, 0.1) is 11.3 Å². The molecule has 0 bridgehead atoms. The van der Waals surface area contributed by atoms with E-state index in [4.69, 9.17) is 10.4 Å². The van der Waals surface area contributed by atoms with E-state index >= 15 is 0 Å². The summed E-state index contributed by atoms with van der Waals surface area (Å²) in [6, 6.07) is 5.58. The van der Waals surface area contributed by atoms with Gasteiger partial charge in [0.25, 0.3) is 0 Å². The average molecular weight is 245 g/mol. The fourth-order valence-corrected chi connectivity index (χ4v) is 2.41. The number of hydrogen-bond donors (Lipinski definition) is 1. The van der Waals surface area contributed by atoms with E-state index in [1.54, 1.807) is 12.3 Å². The van der Waals surface area contributed by atoms with Crippen LogP contribution in [0.2, 0.25) is 0 Å². The molecule has 5 nitrogen and oxygen atoms in total. The normalized spacial score (nSPS) is 19.3. The Balaban J connectivity index is 2.22. The average Bonchev–Trinajstić information content (AvgIpc) is 2.39. The first-order chi connectivity index (χ1) is 8.70. The molecule has 0 aliphatic carbocycles. The highest BCUT2D eigenvalue weighted by Gasteiger charge is 2.25. The number of carboxylic acids is 1. The van der Waals surface area contributed by atoms with E-state index in [1.807, 2.05) is 12.1 Å². The van der Waals surface area contributed by atoms with Crippen LogP contribution in [0.4, 0.5) is 5.69 Å². The number of hydrogen-bond acceptors (Lipinski definition) is 4. The maximum absolute atomic E-state index is 10.9. The summed E-state index contributed by atoms with van der Waals surface area (Å²) in [6.45, 7) is 0.840. The number of anilines is 1. The van der Waals surface area contributed by atoms with Crippen molar-refractivity contribution in [3.05, 3.63) is 24.0 Å². The van der Waals surface area contributed by atoms with Crippen LogP contribution in [0.25, 0.3) is 0 Å². The zero-order valence-corrected chi connectivity index (χ0v) is 10.0. The molecule has 2 rings (SSSR count). The summed E-state index contributed by atoms with van der Waals surface area (Å²) < 4.78 is 0. The molecule has 1 aliphatic heterocycles. The first-order valence-electron chi connectivity index (χ1n) is 6.05. The number of aromatic nitrogens is 1. The Morgan fingerprint density at radius 1 is 1.61 bits per heavy atom. The van der Waals surface area contributed by atoms with Crippen LogP contribution in [0.5, 0.6) is 0 Å². The monoisotopic (exact) mass is 245 g/mol. The fourth-order valence-electron chi connectivity index (χ4n) is 2.41. The highest BCUT2D eigenvalue weighted by Crippen LogP contribution is 2.26. The Morgan fingerprint density at radius 2 is 2.44 bits per heavy atom. The lowest BCUT2D eigenvalue weighted by atomic mass is 9.98. The number of pyridine rings is 1. The number of aliphatic carboxylic acids is 1. The molecule has 1 atom stereocenters. The predicted molar refractivity (Wildman–Crippen MR) is 66.2 cm³/mol. The van der Waals surface area contributed by atoms with Crippen molar-refractivity contribution in [3.8, 4) is 6.07 Å². The molecule has 18 heavy (non-hydrogen) atoms. The lowest BCUT2D eigenvalue weighted by Gasteiger charge is -2.36. The summed E-state index contributed by atoms with van der Waals surface area (Å²) in [6.07, 6.45) is 4.74. The van der Waals surface area contributed by atoms with Gasteiger partial charge in [-0.1, -0.05) is 0 Å². The highest BCUT2D eigenvalue weighted by atomic mass is 16.4. The minimum atomic E-state index is -0.776. The van der Waals surface area contributed by atoms with Gasteiger partial charge in [-0.05, 0) is 31.4 Å². The van der Waals surface area contributed by atoms with Gasteiger partial charge in [-0.15, -0.1) is 0 Å². The number of piperidine rings is 1.